The minimum absolute atomic E-state index is 0.140. The molecule has 0 aliphatic heterocycles. The maximum Gasteiger partial charge on any atom is 0.407 e. The zero-order valence-corrected chi connectivity index (χ0v) is 10.9. The van der Waals surface area contributed by atoms with Crippen molar-refractivity contribution in [3.63, 3.8) is 0 Å². The van der Waals surface area contributed by atoms with E-state index >= 15 is 0 Å². The van der Waals surface area contributed by atoms with E-state index in [9.17, 15) is 4.79 Å². The Balaban J connectivity index is 2.34. The van der Waals surface area contributed by atoms with Gasteiger partial charge in [-0.25, -0.2) is 4.79 Å². The lowest BCUT2D eigenvalue weighted by atomic mass is 10.1. The number of hydrogen-bond acceptors (Lipinski definition) is 3. The van der Waals surface area contributed by atoms with Crippen LogP contribution in [-0.2, 0) is 4.74 Å². The Morgan fingerprint density at radius 3 is 2.50 bits per heavy atom. The largest absolute Gasteiger partial charge is 0.444 e. The van der Waals surface area contributed by atoms with Crippen molar-refractivity contribution >= 4 is 23.3 Å². The third-order valence-electron chi connectivity index (χ3n) is 2.56. The quantitative estimate of drug-likeness (QED) is 0.729. The summed E-state index contributed by atoms with van der Waals surface area (Å²) in [7, 11) is 0. The highest BCUT2D eigenvalue weighted by atomic mass is 32.1. The van der Waals surface area contributed by atoms with Crippen molar-refractivity contribution in [1.29, 1.82) is 0 Å². The van der Waals surface area contributed by atoms with E-state index in [1.54, 1.807) is 0 Å². The Morgan fingerprint density at radius 2 is 2.06 bits per heavy atom. The van der Waals surface area contributed by atoms with Crippen LogP contribution in [0.2, 0.25) is 0 Å². The molecule has 1 fully saturated rings. The minimum atomic E-state index is -0.453. The molecule has 0 spiro atoms. The molecule has 1 rings (SSSR count). The molecular formula is C11H20N2O2S. The molecule has 3 N–H and O–H groups in total. The van der Waals surface area contributed by atoms with Gasteiger partial charge in [0.25, 0.3) is 0 Å². The highest BCUT2D eigenvalue weighted by molar-refractivity contribution is 7.80. The Morgan fingerprint density at radius 1 is 1.44 bits per heavy atom. The fourth-order valence-electron chi connectivity index (χ4n) is 1.85. The number of carbonyl (C=O) groups is 1. The van der Waals surface area contributed by atoms with Gasteiger partial charge in [0.15, 0.2) is 0 Å². The van der Waals surface area contributed by atoms with Crippen molar-refractivity contribution in [2.24, 2.45) is 11.7 Å². The van der Waals surface area contributed by atoms with Crippen LogP contribution in [0.3, 0.4) is 0 Å². The lowest BCUT2D eigenvalue weighted by Crippen LogP contribution is -2.38. The van der Waals surface area contributed by atoms with Gasteiger partial charge in [-0.3, -0.25) is 0 Å². The summed E-state index contributed by atoms with van der Waals surface area (Å²) in [6.45, 7) is 5.54. The van der Waals surface area contributed by atoms with E-state index in [2.05, 4.69) is 5.32 Å². The molecule has 0 radical (unpaired) electrons. The Labute approximate surface area is 102 Å². The van der Waals surface area contributed by atoms with Gasteiger partial charge in [0.2, 0.25) is 0 Å². The molecule has 0 aromatic carbocycles. The van der Waals surface area contributed by atoms with Crippen LogP contribution >= 0.6 is 12.2 Å². The van der Waals surface area contributed by atoms with E-state index in [0.29, 0.717) is 4.99 Å². The summed E-state index contributed by atoms with van der Waals surface area (Å²) in [4.78, 5) is 12.0. The van der Waals surface area contributed by atoms with Crippen LogP contribution in [0.1, 0.15) is 40.0 Å². The molecule has 4 nitrogen and oxygen atoms in total. The SMILES string of the molecule is CC(C)(C)OC(=O)NC1CCC(C(N)=S)C1. The van der Waals surface area contributed by atoms with Crippen LogP contribution in [0.4, 0.5) is 4.79 Å². The van der Waals surface area contributed by atoms with Crippen molar-refractivity contribution in [2.45, 2.75) is 51.7 Å². The van der Waals surface area contributed by atoms with Crippen molar-refractivity contribution in [3.05, 3.63) is 0 Å². The topological polar surface area (TPSA) is 64.3 Å². The van der Waals surface area contributed by atoms with Crippen LogP contribution in [0.15, 0.2) is 0 Å². The predicted octanol–water partition coefficient (Wildman–Crippen LogP) is 1.97. The number of nitrogens with one attached hydrogen (secondary N) is 1. The average Bonchev–Trinajstić information content (AvgIpc) is 2.48. The number of alkyl carbamates (subject to hydrolysis) is 1. The standard InChI is InChI=1S/C11H20N2O2S/c1-11(2,3)15-10(14)13-8-5-4-7(6-8)9(12)16/h7-8H,4-6H2,1-3H3,(H2,12,16)(H,13,14). The lowest BCUT2D eigenvalue weighted by molar-refractivity contribution is 0.0505. The molecular weight excluding hydrogens is 224 g/mol. The van der Waals surface area contributed by atoms with Gasteiger partial charge < -0.3 is 15.8 Å². The highest BCUT2D eigenvalue weighted by Crippen LogP contribution is 2.25. The second kappa shape index (κ2) is 4.99. The van der Waals surface area contributed by atoms with Crippen molar-refractivity contribution in [2.75, 3.05) is 0 Å². The van der Waals surface area contributed by atoms with Gasteiger partial charge in [0.05, 0.1) is 4.99 Å². The maximum atomic E-state index is 11.5. The van der Waals surface area contributed by atoms with Gasteiger partial charge in [0.1, 0.15) is 5.60 Å². The van der Waals surface area contributed by atoms with Crippen molar-refractivity contribution in [3.8, 4) is 0 Å². The normalized spacial score (nSPS) is 25.2. The van der Waals surface area contributed by atoms with Crippen LogP contribution in [0.5, 0.6) is 0 Å². The van der Waals surface area contributed by atoms with Crippen LogP contribution < -0.4 is 11.1 Å². The number of carbonyl (C=O) groups excluding carboxylic acids is 1. The number of hydrogen-bond donors (Lipinski definition) is 2. The Bertz CT molecular complexity index is 286. The molecule has 5 heteroatoms. The molecule has 1 amide bonds. The number of amides is 1. The predicted molar refractivity (Wildman–Crippen MR) is 67.3 cm³/mol. The summed E-state index contributed by atoms with van der Waals surface area (Å²) in [5.74, 6) is 0.259. The highest BCUT2D eigenvalue weighted by Gasteiger charge is 2.28. The van der Waals surface area contributed by atoms with E-state index in [1.807, 2.05) is 20.8 Å². The van der Waals surface area contributed by atoms with Gasteiger partial charge in [-0.05, 0) is 40.0 Å². The van der Waals surface area contributed by atoms with Gasteiger partial charge in [-0.2, -0.15) is 0 Å². The summed E-state index contributed by atoms with van der Waals surface area (Å²) < 4.78 is 5.18. The molecule has 16 heavy (non-hydrogen) atoms. The molecule has 2 unspecified atom stereocenters. The average molecular weight is 244 g/mol. The monoisotopic (exact) mass is 244 g/mol. The van der Waals surface area contributed by atoms with Crippen molar-refractivity contribution < 1.29 is 9.53 Å². The van der Waals surface area contributed by atoms with Crippen LogP contribution in [0, 0.1) is 5.92 Å². The summed E-state index contributed by atoms with van der Waals surface area (Å²) in [5.41, 5.74) is 5.13. The molecule has 0 heterocycles. The van der Waals surface area contributed by atoms with E-state index in [-0.39, 0.29) is 18.1 Å². The molecule has 2 atom stereocenters. The summed E-state index contributed by atoms with van der Waals surface area (Å²) in [6.07, 6.45) is 2.34. The molecule has 0 bridgehead atoms. The lowest BCUT2D eigenvalue weighted by Gasteiger charge is -2.21. The minimum Gasteiger partial charge on any atom is -0.444 e. The number of ether oxygens (including phenoxy) is 1. The molecule has 0 aromatic rings. The van der Waals surface area contributed by atoms with Crippen LogP contribution in [0.25, 0.3) is 0 Å². The molecule has 0 aromatic heterocycles. The smallest absolute Gasteiger partial charge is 0.407 e. The Hall–Kier alpha value is -0.840. The summed E-state index contributed by atoms with van der Waals surface area (Å²) >= 11 is 4.94. The summed E-state index contributed by atoms with van der Waals surface area (Å²) in [6, 6.07) is 0.140. The molecule has 0 saturated heterocycles. The molecule has 1 saturated carbocycles. The molecule has 1 aliphatic carbocycles. The van der Waals surface area contributed by atoms with Crippen LogP contribution in [-0.4, -0.2) is 22.7 Å². The summed E-state index contributed by atoms with van der Waals surface area (Å²) in [5, 5.41) is 2.84. The van der Waals surface area contributed by atoms with E-state index in [1.165, 1.54) is 0 Å². The second-order valence-electron chi connectivity index (χ2n) is 5.26. The van der Waals surface area contributed by atoms with Gasteiger partial charge >= 0.3 is 6.09 Å². The first-order chi connectivity index (χ1) is 7.28. The van der Waals surface area contributed by atoms with Gasteiger partial charge in [0, 0.05) is 12.0 Å². The van der Waals surface area contributed by atoms with E-state index < -0.39 is 5.60 Å². The third kappa shape index (κ3) is 4.35. The molecule has 92 valence electrons. The fourth-order valence-corrected chi connectivity index (χ4v) is 2.06. The first-order valence-electron chi connectivity index (χ1n) is 5.57. The van der Waals surface area contributed by atoms with E-state index in [0.717, 1.165) is 19.3 Å². The first-order valence-corrected chi connectivity index (χ1v) is 5.97. The van der Waals surface area contributed by atoms with E-state index in [4.69, 9.17) is 22.7 Å². The maximum absolute atomic E-state index is 11.5. The first kappa shape index (κ1) is 13.2. The second-order valence-corrected chi connectivity index (χ2v) is 5.73. The number of nitrogens with two attached hydrogens (primary N) is 1. The van der Waals surface area contributed by atoms with Crippen molar-refractivity contribution in [1.82, 2.24) is 5.32 Å². The fraction of sp³-hybridized carbons (Fsp3) is 0.818. The zero-order chi connectivity index (χ0) is 12.3. The zero-order valence-electron chi connectivity index (χ0n) is 10.1. The number of rotatable bonds is 2. The van der Waals surface area contributed by atoms with Gasteiger partial charge in [-0.1, -0.05) is 12.2 Å². The Kier molecular flexibility index (Phi) is 4.13. The van der Waals surface area contributed by atoms with Gasteiger partial charge in [-0.15, -0.1) is 0 Å². The third-order valence-corrected chi connectivity index (χ3v) is 2.89. The number of thiocarbonyl (C=S) groups is 1. The molecule has 1 aliphatic rings.